The van der Waals surface area contributed by atoms with E-state index in [-0.39, 0.29) is 10.9 Å². The van der Waals surface area contributed by atoms with Gasteiger partial charge in [0.25, 0.3) is 5.91 Å². The molecule has 1 aliphatic rings. The first-order chi connectivity index (χ1) is 13.3. The van der Waals surface area contributed by atoms with E-state index in [4.69, 9.17) is 16.3 Å². The number of rotatable bonds is 6. The Labute approximate surface area is 170 Å². The topological polar surface area (TPSA) is 66.9 Å². The van der Waals surface area contributed by atoms with Crippen LogP contribution < -0.4 is 13.9 Å². The van der Waals surface area contributed by atoms with Crippen molar-refractivity contribution in [2.45, 2.75) is 25.8 Å². The molecule has 1 heterocycles. The molecule has 6 nitrogen and oxygen atoms in total. The maximum Gasteiger partial charge on any atom is 0.250 e. The highest BCUT2D eigenvalue weighted by Crippen LogP contribution is 2.34. The molecule has 150 valence electrons. The molecular formula is C20H23ClN2O4S. The zero-order valence-corrected chi connectivity index (χ0v) is 17.6. The van der Waals surface area contributed by atoms with Crippen LogP contribution in [-0.2, 0) is 21.2 Å². The van der Waals surface area contributed by atoms with Gasteiger partial charge in [-0.3, -0.25) is 9.10 Å². The molecule has 2 aromatic carbocycles. The second-order valence-electron chi connectivity index (χ2n) is 6.67. The van der Waals surface area contributed by atoms with Crippen LogP contribution in [0.25, 0.3) is 0 Å². The number of anilines is 2. The Morgan fingerprint density at radius 2 is 2.00 bits per heavy atom. The van der Waals surface area contributed by atoms with E-state index in [9.17, 15) is 13.2 Å². The number of para-hydroxylation sites is 1. The zero-order chi connectivity index (χ0) is 20.5. The van der Waals surface area contributed by atoms with E-state index in [1.165, 1.54) is 13.2 Å². The summed E-state index contributed by atoms with van der Waals surface area (Å²) in [5.74, 6) is 0.191. The van der Waals surface area contributed by atoms with E-state index in [2.05, 4.69) is 0 Å². The zero-order valence-electron chi connectivity index (χ0n) is 16.1. The van der Waals surface area contributed by atoms with Crippen LogP contribution in [0.3, 0.4) is 0 Å². The van der Waals surface area contributed by atoms with Gasteiger partial charge in [0.2, 0.25) is 10.0 Å². The number of fused-ring (bicyclic) bond motifs is 1. The van der Waals surface area contributed by atoms with Gasteiger partial charge in [-0.1, -0.05) is 36.7 Å². The van der Waals surface area contributed by atoms with Crippen molar-refractivity contribution >= 4 is 38.9 Å². The molecule has 0 unspecified atom stereocenters. The smallest absolute Gasteiger partial charge is 0.250 e. The molecule has 2 aromatic rings. The molecule has 0 saturated carbocycles. The van der Waals surface area contributed by atoms with Crippen LogP contribution in [0.15, 0.2) is 42.5 Å². The molecule has 0 aromatic heterocycles. The predicted molar refractivity (Wildman–Crippen MR) is 112 cm³/mol. The van der Waals surface area contributed by atoms with Crippen LogP contribution >= 0.6 is 11.6 Å². The first-order valence-electron chi connectivity index (χ1n) is 9.00. The molecule has 1 aliphatic heterocycles. The average Bonchev–Trinajstić information content (AvgIpc) is 3.08. The molecule has 0 N–H and O–H groups in total. The van der Waals surface area contributed by atoms with Gasteiger partial charge in [-0.25, -0.2) is 8.42 Å². The monoisotopic (exact) mass is 422 g/mol. The van der Waals surface area contributed by atoms with E-state index in [0.717, 1.165) is 28.2 Å². The van der Waals surface area contributed by atoms with Gasteiger partial charge in [-0.15, -0.1) is 0 Å². The third-order valence-electron chi connectivity index (χ3n) is 4.86. The van der Waals surface area contributed by atoms with Crippen molar-refractivity contribution in [3.8, 4) is 5.75 Å². The number of sulfonamides is 1. The van der Waals surface area contributed by atoms with Crippen LogP contribution in [0.5, 0.6) is 5.75 Å². The predicted octanol–water partition coefficient (Wildman–Crippen LogP) is 3.48. The molecule has 8 heteroatoms. The lowest BCUT2D eigenvalue weighted by molar-refractivity contribution is -0.119. The fraction of sp³-hybridized carbons (Fsp3) is 0.350. The minimum atomic E-state index is -3.73. The Balaban J connectivity index is 2.02. The number of amides is 1. The Kier molecular flexibility index (Phi) is 5.86. The minimum Gasteiger partial charge on any atom is -0.495 e. The molecular weight excluding hydrogens is 400 g/mol. The summed E-state index contributed by atoms with van der Waals surface area (Å²) in [6.45, 7) is 2.34. The molecule has 0 aliphatic carbocycles. The van der Waals surface area contributed by atoms with Crippen LogP contribution in [-0.4, -0.2) is 40.3 Å². The van der Waals surface area contributed by atoms with Crippen molar-refractivity contribution < 1.29 is 17.9 Å². The molecule has 1 amide bonds. The van der Waals surface area contributed by atoms with Crippen molar-refractivity contribution in [2.24, 2.45) is 0 Å². The Bertz CT molecular complexity index is 993. The normalized spacial score (nSPS) is 14.5. The van der Waals surface area contributed by atoms with Gasteiger partial charge in [-0.2, -0.15) is 0 Å². The maximum absolute atomic E-state index is 13.4. The van der Waals surface area contributed by atoms with Crippen LogP contribution in [0.1, 0.15) is 18.9 Å². The van der Waals surface area contributed by atoms with Crippen LogP contribution in [0, 0.1) is 0 Å². The summed E-state index contributed by atoms with van der Waals surface area (Å²) in [6, 6.07) is 11.5. The first-order valence-corrected chi connectivity index (χ1v) is 11.2. The summed E-state index contributed by atoms with van der Waals surface area (Å²) in [5.41, 5.74) is 2.26. The minimum absolute atomic E-state index is 0.246. The molecule has 3 rings (SSSR count). The number of hydrogen-bond acceptors (Lipinski definition) is 4. The summed E-state index contributed by atoms with van der Waals surface area (Å²) in [6.07, 6.45) is 2.18. The van der Waals surface area contributed by atoms with Crippen molar-refractivity contribution in [1.29, 1.82) is 0 Å². The van der Waals surface area contributed by atoms with Gasteiger partial charge in [0.05, 0.1) is 24.1 Å². The van der Waals surface area contributed by atoms with Crippen LogP contribution in [0.4, 0.5) is 11.4 Å². The molecule has 0 saturated heterocycles. The van der Waals surface area contributed by atoms with Crippen molar-refractivity contribution in [1.82, 2.24) is 0 Å². The molecule has 28 heavy (non-hydrogen) atoms. The van der Waals surface area contributed by atoms with E-state index in [1.54, 1.807) is 24.0 Å². The maximum atomic E-state index is 13.4. The SMILES string of the molecule is CC[C@@H](C(=O)N1CCc2ccccc21)N(c1ccc(OC)c(Cl)c1)S(C)(=O)=O. The average molecular weight is 423 g/mol. The lowest BCUT2D eigenvalue weighted by Gasteiger charge is -2.33. The summed E-state index contributed by atoms with van der Waals surface area (Å²) < 4.78 is 31.6. The fourth-order valence-corrected chi connectivity index (χ4v) is 5.03. The molecule has 1 atom stereocenters. The lowest BCUT2D eigenvalue weighted by Crippen LogP contribution is -2.50. The number of halogens is 1. The number of hydrogen-bond donors (Lipinski definition) is 0. The standard InChI is InChI=1S/C20H23ClN2O4S/c1-4-17(20(24)22-12-11-14-7-5-6-8-18(14)22)23(28(3,25)26)15-9-10-19(27-2)16(21)13-15/h5-10,13,17H,4,11-12H2,1-3H3/t17-/m0/s1. The van der Waals surface area contributed by atoms with Crippen molar-refractivity contribution in [3.05, 3.63) is 53.1 Å². The third kappa shape index (κ3) is 3.82. The highest BCUT2D eigenvalue weighted by Gasteiger charge is 2.36. The second kappa shape index (κ2) is 8.01. The Morgan fingerprint density at radius 1 is 1.29 bits per heavy atom. The van der Waals surface area contributed by atoms with Crippen molar-refractivity contribution in [3.63, 3.8) is 0 Å². The number of nitrogens with zero attached hydrogens (tertiary/aromatic N) is 2. The molecule has 0 bridgehead atoms. The third-order valence-corrected chi connectivity index (χ3v) is 6.33. The molecule has 0 spiro atoms. The van der Waals surface area contributed by atoms with Crippen LogP contribution in [0.2, 0.25) is 5.02 Å². The largest absolute Gasteiger partial charge is 0.495 e. The molecule has 0 fully saturated rings. The van der Waals surface area contributed by atoms with Gasteiger partial charge in [0.15, 0.2) is 0 Å². The Morgan fingerprint density at radius 3 is 2.61 bits per heavy atom. The Hall–Kier alpha value is -2.25. The van der Waals surface area contributed by atoms with Gasteiger partial charge in [-0.05, 0) is 42.7 Å². The quantitative estimate of drug-likeness (QED) is 0.714. The number of carbonyl (C=O) groups is 1. The fourth-order valence-electron chi connectivity index (χ4n) is 3.58. The van der Waals surface area contributed by atoms with Gasteiger partial charge < -0.3 is 9.64 Å². The van der Waals surface area contributed by atoms with Gasteiger partial charge in [0, 0.05) is 12.2 Å². The van der Waals surface area contributed by atoms with E-state index >= 15 is 0 Å². The van der Waals surface area contributed by atoms with Gasteiger partial charge in [0.1, 0.15) is 11.8 Å². The number of methoxy groups -OCH3 is 1. The van der Waals surface area contributed by atoms with Gasteiger partial charge >= 0.3 is 0 Å². The second-order valence-corrected chi connectivity index (χ2v) is 8.94. The summed E-state index contributed by atoms with van der Waals surface area (Å²) >= 11 is 6.20. The number of benzene rings is 2. The van der Waals surface area contributed by atoms with E-state index in [0.29, 0.717) is 24.4 Å². The van der Waals surface area contributed by atoms with E-state index < -0.39 is 16.1 Å². The summed E-state index contributed by atoms with van der Waals surface area (Å²) in [5, 5.41) is 0.280. The lowest BCUT2D eigenvalue weighted by atomic mass is 10.1. The van der Waals surface area contributed by atoms with Crippen molar-refractivity contribution in [2.75, 3.05) is 29.1 Å². The highest BCUT2D eigenvalue weighted by molar-refractivity contribution is 7.92. The number of carbonyl (C=O) groups excluding carboxylic acids is 1. The highest BCUT2D eigenvalue weighted by atomic mass is 35.5. The summed E-state index contributed by atoms with van der Waals surface area (Å²) in [4.78, 5) is 15.0. The first kappa shape index (κ1) is 20.5. The summed E-state index contributed by atoms with van der Waals surface area (Å²) in [7, 11) is -2.25. The molecule has 0 radical (unpaired) electrons. The van der Waals surface area contributed by atoms with E-state index in [1.807, 2.05) is 24.3 Å². The number of ether oxygens (including phenoxy) is 1.